The summed E-state index contributed by atoms with van der Waals surface area (Å²) in [5, 5.41) is 6.00. The minimum Gasteiger partial charge on any atom is -0.308 e. The Hall–Kier alpha value is -2.64. The number of fused-ring (bicyclic) bond motifs is 1. The lowest BCUT2D eigenvalue weighted by molar-refractivity contribution is -0.115. The molecule has 0 aliphatic heterocycles. The van der Waals surface area contributed by atoms with Gasteiger partial charge in [0.05, 0.1) is 10.2 Å². The molecule has 0 atom stereocenters. The Kier molecular flexibility index (Phi) is 4.93. The zero-order valence-electron chi connectivity index (χ0n) is 12.3. The molecule has 1 aromatic heterocycles. The lowest BCUT2D eigenvalue weighted by Crippen LogP contribution is -2.32. The average Bonchev–Trinajstić information content (AvgIpc) is 2.95. The summed E-state index contributed by atoms with van der Waals surface area (Å²) in [4.78, 5) is 16.1. The molecule has 4 nitrogen and oxygen atoms in total. The number of carbonyl (C=O) groups excluding carboxylic acids is 1. The summed E-state index contributed by atoms with van der Waals surface area (Å²) in [6, 6.07) is 13.8. The Balaban J connectivity index is 1.60. The molecule has 0 aliphatic rings. The van der Waals surface area contributed by atoms with Crippen molar-refractivity contribution in [3.05, 3.63) is 66.0 Å². The number of nitrogens with one attached hydrogen (secondary N) is 2. The Bertz CT molecular complexity index is 922. The minimum atomic E-state index is -0.344. The third-order valence-corrected chi connectivity index (χ3v) is 4.17. The molecular weight excluding hydrogens is 345 g/mol. The summed E-state index contributed by atoms with van der Waals surface area (Å²) in [6.45, 7) is 0. The maximum Gasteiger partial charge on any atom is 0.250 e. The molecule has 7 heteroatoms. The number of benzene rings is 2. The molecule has 3 rings (SSSR count). The number of carbonyl (C=O) groups is 1. The largest absolute Gasteiger partial charge is 0.308 e. The highest BCUT2D eigenvalue weighted by atomic mass is 32.1. The van der Waals surface area contributed by atoms with Crippen LogP contribution in [0.15, 0.2) is 54.6 Å². The van der Waals surface area contributed by atoms with E-state index in [-0.39, 0.29) is 16.8 Å². The number of rotatable bonds is 3. The van der Waals surface area contributed by atoms with Crippen LogP contribution in [-0.2, 0) is 4.79 Å². The summed E-state index contributed by atoms with van der Waals surface area (Å²) >= 11 is 6.35. The van der Waals surface area contributed by atoms with Crippen LogP contribution in [-0.4, -0.2) is 16.0 Å². The molecule has 3 aromatic rings. The molecule has 24 heavy (non-hydrogen) atoms. The van der Waals surface area contributed by atoms with Crippen molar-refractivity contribution in [2.24, 2.45) is 0 Å². The second-order valence-corrected chi connectivity index (χ2v) is 6.26. The van der Waals surface area contributed by atoms with E-state index in [4.69, 9.17) is 12.2 Å². The predicted molar refractivity (Wildman–Crippen MR) is 99.4 cm³/mol. The smallest absolute Gasteiger partial charge is 0.250 e. The molecule has 0 radical (unpaired) electrons. The fourth-order valence-electron chi connectivity index (χ4n) is 1.97. The van der Waals surface area contributed by atoms with E-state index in [1.807, 2.05) is 30.3 Å². The van der Waals surface area contributed by atoms with Gasteiger partial charge >= 0.3 is 0 Å². The Labute approximate surface area is 147 Å². The van der Waals surface area contributed by atoms with Crippen LogP contribution in [0.25, 0.3) is 16.3 Å². The van der Waals surface area contributed by atoms with E-state index in [1.165, 1.54) is 29.5 Å². The fraction of sp³-hybridized carbons (Fsp3) is 0. The van der Waals surface area contributed by atoms with Crippen molar-refractivity contribution in [1.29, 1.82) is 0 Å². The van der Waals surface area contributed by atoms with Crippen LogP contribution >= 0.6 is 23.6 Å². The Morgan fingerprint density at radius 3 is 2.79 bits per heavy atom. The second kappa shape index (κ2) is 7.29. The van der Waals surface area contributed by atoms with Gasteiger partial charge in [-0.25, -0.2) is 9.37 Å². The number of thiazole rings is 1. The van der Waals surface area contributed by atoms with Gasteiger partial charge < -0.3 is 5.32 Å². The van der Waals surface area contributed by atoms with Crippen molar-refractivity contribution in [2.45, 2.75) is 0 Å². The molecule has 2 aromatic carbocycles. The van der Waals surface area contributed by atoms with Crippen molar-refractivity contribution in [3.8, 4) is 0 Å². The van der Waals surface area contributed by atoms with Crippen LogP contribution in [0.3, 0.4) is 0 Å². The van der Waals surface area contributed by atoms with Gasteiger partial charge in [0.25, 0.3) is 0 Å². The quantitative estimate of drug-likeness (QED) is 0.550. The van der Waals surface area contributed by atoms with Crippen LogP contribution in [0.1, 0.15) is 5.56 Å². The number of hydrogen-bond acceptors (Lipinski definition) is 4. The number of nitrogens with zero attached hydrogens (tertiary/aromatic N) is 1. The first-order chi connectivity index (χ1) is 11.6. The molecule has 120 valence electrons. The zero-order chi connectivity index (χ0) is 16.9. The van der Waals surface area contributed by atoms with Crippen molar-refractivity contribution >= 4 is 56.0 Å². The van der Waals surface area contributed by atoms with Crippen molar-refractivity contribution in [2.75, 3.05) is 5.32 Å². The summed E-state index contributed by atoms with van der Waals surface area (Å²) in [6.07, 6.45) is 3.09. The van der Waals surface area contributed by atoms with Gasteiger partial charge in [-0.1, -0.05) is 41.7 Å². The van der Waals surface area contributed by atoms with Gasteiger partial charge in [0, 0.05) is 6.08 Å². The number of halogens is 1. The Morgan fingerprint density at radius 2 is 2.00 bits per heavy atom. The molecule has 0 aliphatic carbocycles. The molecular formula is C17H12FN3OS2. The number of hydrogen-bond donors (Lipinski definition) is 2. The number of amides is 1. The fourth-order valence-corrected chi connectivity index (χ4v) is 3.13. The maximum atomic E-state index is 13.2. The van der Waals surface area contributed by atoms with Crippen LogP contribution in [0.4, 0.5) is 9.52 Å². The molecule has 0 saturated heterocycles. The van der Waals surface area contributed by atoms with Crippen LogP contribution in [0.5, 0.6) is 0 Å². The zero-order valence-corrected chi connectivity index (χ0v) is 14.0. The third-order valence-electron chi connectivity index (χ3n) is 3.03. The molecule has 0 unspecified atom stereocenters. The molecule has 0 saturated carbocycles. The Morgan fingerprint density at radius 1 is 1.21 bits per heavy atom. The van der Waals surface area contributed by atoms with E-state index in [1.54, 1.807) is 12.1 Å². The molecule has 1 heterocycles. The SMILES string of the molecule is O=C(C=Cc1ccccc1)NC(=S)Nc1nc2ccc(F)cc2s1. The van der Waals surface area contributed by atoms with E-state index in [0.29, 0.717) is 15.3 Å². The first kappa shape index (κ1) is 16.2. The lowest BCUT2D eigenvalue weighted by atomic mass is 10.2. The molecule has 0 bridgehead atoms. The first-order valence-corrected chi connectivity index (χ1v) is 8.24. The van der Waals surface area contributed by atoms with Crippen LogP contribution in [0.2, 0.25) is 0 Å². The molecule has 0 fully saturated rings. The number of aromatic nitrogens is 1. The van der Waals surface area contributed by atoms with E-state index in [9.17, 15) is 9.18 Å². The first-order valence-electron chi connectivity index (χ1n) is 7.01. The monoisotopic (exact) mass is 357 g/mol. The lowest BCUT2D eigenvalue weighted by Gasteiger charge is -2.04. The summed E-state index contributed by atoms with van der Waals surface area (Å²) in [7, 11) is 0. The van der Waals surface area contributed by atoms with Crippen LogP contribution < -0.4 is 10.6 Å². The van der Waals surface area contributed by atoms with Gasteiger partial charge in [-0.2, -0.15) is 0 Å². The highest BCUT2D eigenvalue weighted by Crippen LogP contribution is 2.26. The van der Waals surface area contributed by atoms with Gasteiger partial charge in [-0.3, -0.25) is 10.1 Å². The predicted octanol–water partition coefficient (Wildman–Crippen LogP) is 3.96. The van der Waals surface area contributed by atoms with Gasteiger partial charge in [-0.15, -0.1) is 0 Å². The highest BCUT2D eigenvalue weighted by Gasteiger charge is 2.07. The van der Waals surface area contributed by atoms with E-state index >= 15 is 0 Å². The minimum absolute atomic E-state index is 0.136. The van der Waals surface area contributed by atoms with Crippen molar-refractivity contribution in [1.82, 2.24) is 10.3 Å². The number of thiocarbonyl (C=S) groups is 1. The van der Waals surface area contributed by atoms with Crippen molar-refractivity contribution < 1.29 is 9.18 Å². The van der Waals surface area contributed by atoms with E-state index in [0.717, 1.165) is 5.56 Å². The van der Waals surface area contributed by atoms with E-state index in [2.05, 4.69) is 15.6 Å². The summed E-state index contributed by atoms with van der Waals surface area (Å²) in [5.41, 5.74) is 1.58. The third kappa shape index (κ3) is 4.21. The maximum absolute atomic E-state index is 13.2. The molecule has 0 spiro atoms. The van der Waals surface area contributed by atoms with Crippen molar-refractivity contribution in [3.63, 3.8) is 0 Å². The van der Waals surface area contributed by atoms with Gasteiger partial charge in [-0.05, 0) is 42.1 Å². The highest BCUT2D eigenvalue weighted by molar-refractivity contribution is 7.80. The van der Waals surface area contributed by atoms with Gasteiger partial charge in [0.1, 0.15) is 5.82 Å². The van der Waals surface area contributed by atoms with Crippen LogP contribution in [0, 0.1) is 5.82 Å². The van der Waals surface area contributed by atoms with Gasteiger partial charge in [0.2, 0.25) is 5.91 Å². The topological polar surface area (TPSA) is 54.0 Å². The van der Waals surface area contributed by atoms with Gasteiger partial charge in [0.15, 0.2) is 10.2 Å². The second-order valence-electron chi connectivity index (χ2n) is 4.82. The summed E-state index contributed by atoms with van der Waals surface area (Å²) in [5.74, 6) is -0.664. The number of anilines is 1. The molecule has 2 N–H and O–H groups in total. The van der Waals surface area contributed by atoms with E-state index < -0.39 is 0 Å². The average molecular weight is 357 g/mol. The molecule has 1 amide bonds. The normalized spacial score (nSPS) is 10.9. The standard InChI is InChI=1S/C17H12FN3OS2/c18-12-7-8-13-14(10-12)24-17(19-13)21-16(23)20-15(22)9-6-11-4-2-1-3-5-11/h1-10H,(H2,19,20,21,22,23). The summed E-state index contributed by atoms with van der Waals surface area (Å²) < 4.78 is 13.9.